The van der Waals surface area contributed by atoms with Gasteiger partial charge in [0.1, 0.15) is 5.82 Å². The van der Waals surface area contributed by atoms with Gasteiger partial charge in [0, 0.05) is 18.2 Å². The van der Waals surface area contributed by atoms with E-state index in [-0.39, 0.29) is 22.9 Å². The molecule has 5 nitrogen and oxygen atoms in total. The van der Waals surface area contributed by atoms with Crippen molar-refractivity contribution in [2.75, 3.05) is 9.62 Å². The van der Waals surface area contributed by atoms with Crippen molar-refractivity contribution >= 4 is 27.3 Å². The molecule has 3 rings (SSSR count). The number of sulfonamides is 1. The Kier molecular flexibility index (Phi) is 5.98. The van der Waals surface area contributed by atoms with Crippen LogP contribution in [0.1, 0.15) is 18.1 Å². The van der Waals surface area contributed by atoms with Crippen LogP contribution in [0.15, 0.2) is 77.7 Å². The number of benzene rings is 3. The number of halogens is 1. The van der Waals surface area contributed by atoms with Crippen LogP contribution in [0.3, 0.4) is 0 Å². The summed E-state index contributed by atoms with van der Waals surface area (Å²) in [5.74, 6) is -0.720. The van der Waals surface area contributed by atoms with Crippen LogP contribution in [0.25, 0.3) is 0 Å². The van der Waals surface area contributed by atoms with Crippen LogP contribution < -0.4 is 9.62 Å². The van der Waals surface area contributed by atoms with E-state index in [2.05, 4.69) is 5.32 Å². The molecule has 3 aromatic rings. The van der Waals surface area contributed by atoms with Gasteiger partial charge in [-0.3, -0.25) is 9.10 Å². The largest absolute Gasteiger partial charge is 0.326 e. The van der Waals surface area contributed by atoms with E-state index in [1.807, 2.05) is 6.92 Å². The second kappa shape index (κ2) is 8.45. The van der Waals surface area contributed by atoms with Crippen molar-refractivity contribution in [2.24, 2.45) is 0 Å². The number of aryl methyl sites for hydroxylation is 1. The third-order valence-corrected chi connectivity index (χ3v) is 6.14. The molecule has 0 atom stereocenters. The maximum Gasteiger partial charge on any atom is 0.264 e. The van der Waals surface area contributed by atoms with Gasteiger partial charge in [-0.1, -0.05) is 35.9 Å². The summed E-state index contributed by atoms with van der Waals surface area (Å²) in [7, 11) is -3.97. The summed E-state index contributed by atoms with van der Waals surface area (Å²) < 4.78 is 42.2. The molecule has 0 heterocycles. The topological polar surface area (TPSA) is 66.5 Å². The molecule has 0 saturated carbocycles. The average molecular weight is 412 g/mol. The summed E-state index contributed by atoms with van der Waals surface area (Å²) in [6, 6.07) is 19.0. The highest BCUT2D eigenvalue weighted by Gasteiger charge is 2.26. The number of anilines is 2. The molecule has 0 unspecified atom stereocenters. The number of amides is 1. The van der Waals surface area contributed by atoms with Crippen LogP contribution >= 0.6 is 0 Å². The minimum Gasteiger partial charge on any atom is -0.326 e. The van der Waals surface area contributed by atoms with Gasteiger partial charge in [0.25, 0.3) is 10.0 Å². The molecule has 3 aromatic carbocycles. The molecule has 0 aliphatic rings. The molecule has 1 N–H and O–H groups in total. The molecule has 0 aromatic heterocycles. The zero-order valence-corrected chi connectivity index (χ0v) is 16.9. The van der Waals surface area contributed by atoms with Gasteiger partial charge in [0.05, 0.1) is 17.1 Å². The maximum atomic E-state index is 14.2. The van der Waals surface area contributed by atoms with E-state index < -0.39 is 15.8 Å². The first-order valence-corrected chi connectivity index (χ1v) is 10.4. The van der Waals surface area contributed by atoms with E-state index in [9.17, 15) is 17.6 Å². The summed E-state index contributed by atoms with van der Waals surface area (Å²) in [6.45, 7) is 3.13. The van der Waals surface area contributed by atoms with Crippen LogP contribution in [0.4, 0.5) is 15.8 Å². The van der Waals surface area contributed by atoms with Crippen LogP contribution in [0.5, 0.6) is 0 Å². The normalized spacial score (nSPS) is 11.1. The summed E-state index contributed by atoms with van der Waals surface area (Å²) >= 11 is 0. The Morgan fingerprint density at radius 1 is 0.966 bits per heavy atom. The standard InChI is InChI=1S/C22H21FN2O3S/c1-16-7-11-20(12-8-16)25(15-18-5-3-4-6-22(18)23)29(27,28)21-13-9-19(10-14-21)24-17(2)26/h3-14H,15H2,1-2H3,(H,24,26). The first-order chi connectivity index (χ1) is 13.8. The van der Waals surface area contributed by atoms with Crippen molar-refractivity contribution in [3.8, 4) is 0 Å². The predicted octanol–water partition coefficient (Wildman–Crippen LogP) is 4.49. The highest BCUT2D eigenvalue weighted by atomic mass is 32.2. The van der Waals surface area contributed by atoms with Crippen LogP contribution in [-0.2, 0) is 21.4 Å². The van der Waals surface area contributed by atoms with E-state index in [0.29, 0.717) is 11.4 Å². The third kappa shape index (κ3) is 4.81. The molecule has 0 aliphatic heterocycles. The SMILES string of the molecule is CC(=O)Nc1ccc(S(=O)(=O)N(Cc2ccccc2F)c2ccc(C)cc2)cc1. The molecule has 29 heavy (non-hydrogen) atoms. The van der Waals surface area contributed by atoms with Gasteiger partial charge < -0.3 is 5.32 Å². The fraction of sp³-hybridized carbons (Fsp3) is 0.136. The fourth-order valence-electron chi connectivity index (χ4n) is 2.85. The lowest BCUT2D eigenvalue weighted by Crippen LogP contribution is -2.31. The number of nitrogens with zero attached hydrogens (tertiary/aromatic N) is 1. The monoisotopic (exact) mass is 412 g/mol. The van der Waals surface area contributed by atoms with Gasteiger partial charge in [-0.25, -0.2) is 12.8 Å². The maximum absolute atomic E-state index is 14.2. The van der Waals surface area contributed by atoms with Gasteiger partial charge in [-0.05, 0) is 49.4 Å². The van der Waals surface area contributed by atoms with Gasteiger partial charge in [-0.15, -0.1) is 0 Å². The Labute approximate surface area is 169 Å². The van der Waals surface area contributed by atoms with Crippen molar-refractivity contribution < 1.29 is 17.6 Å². The van der Waals surface area contributed by atoms with Crippen molar-refractivity contribution in [2.45, 2.75) is 25.3 Å². The van der Waals surface area contributed by atoms with E-state index in [4.69, 9.17) is 0 Å². The molecule has 150 valence electrons. The van der Waals surface area contributed by atoms with Gasteiger partial charge in [-0.2, -0.15) is 0 Å². The van der Waals surface area contributed by atoms with E-state index in [0.717, 1.165) is 5.56 Å². The summed E-state index contributed by atoms with van der Waals surface area (Å²) in [4.78, 5) is 11.2. The zero-order valence-electron chi connectivity index (χ0n) is 16.1. The fourth-order valence-corrected chi connectivity index (χ4v) is 4.29. The Bertz CT molecular complexity index is 1110. The van der Waals surface area contributed by atoms with Gasteiger partial charge in [0.15, 0.2) is 0 Å². The molecular formula is C22H21FN2O3S. The highest BCUT2D eigenvalue weighted by molar-refractivity contribution is 7.92. The highest BCUT2D eigenvalue weighted by Crippen LogP contribution is 2.27. The number of carbonyl (C=O) groups is 1. The molecule has 0 radical (unpaired) electrons. The van der Waals surface area contributed by atoms with Crippen LogP contribution in [0.2, 0.25) is 0 Å². The Hall–Kier alpha value is -3.19. The first-order valence-electron chi connectivity index (χ1n) is 8.98. The molecule has 0 aliphatic carbocycles. The minimum atomic E-state index is -3.97. The lowest BCUT2D eigenvalue weighted by Gasteiger charge is -2.25. The van der Waals surface area contributed by atoms with Crippen LogP contribution in [-0.4, -0.2) is 14.3 Å². The zero-order chi connectivity index (χ0) is 21.0. The second-order valence-electron chi connectivity index (χ2n) is 6.64. The Morgan fingerprint density at radius 3 is 2.17 bits per heavy atom. The quantitative estimate of drug-likeness (QED) is 0.649. The van der Waals surface area contributed by atoms with Crippen LogP contribution in [0, 0.1) is 12.7 Å². The van der Waals surface area contributed by atoms with Gasteiger partial charge >= 0.3 is 0 Å². The number of nitrogens with one attached hydrogen (secondary N) is 1. The minimum absolute atomic E-state index is 0.0449. The van der Waals surface area contributed by atoms with Crippen molar-refractivity contribution in [3.63, 3.8) is 0 Å². The molecular weight excluding hydrogens is 391 g/mol. The number of rotatable bonds is 6. The summed E-state index contributed by atoms with van der Waals surface area (Å²) in [6.07, 6.45) is 0. The summed E-state index contributed by atoms with van der Waals surface area (Å²) in [5.41, 5.74) is 2.18. The van der Waals surface area contributed by atoms with Crippen molar-refractivity contribution in [1.29, 1.82) is 0 Å². The second-order valence-corrected chi connectivity index (χ2v) is 8.51. The molecule has 0 bridgehead atoms. The predicted molar refractivity (Wildman–Crippen MR) is 112 cm³/mol. The van der Waals surface area contributed by atoms with E-state index in [1.165, 1.54) is 41.6 Å². The lowest BCUT2D eigenvalue weighted by atomic mass is 10.2. The molecule has 1 amide bonds. The van der Waals surface area contributed by atoms with Crippen molar-refractivity contribution in [1.82, 2.24) is 0 Å². The molecule has 0 fully saturated rings. The Balaban J connectivity index is 2.03. The van der Waals surface area contributed by atoms with Crippen molar-refractivity contribution in [3.05, 3.63) is 89.7 Å². The average Bonchev–Trinajstić information content (AvgIpc) is 2.68. The number of carbonyl (C=O) groups excluding carboxylic acids is 1. The number of hydrogen-bond acceptors (Lipinski definition) is 3. The van der Waals surface area contributed by atoms with E-state index >= 15 is 0 Å². The smallest absolute Gasteiger partial charge is 0.264 e. The Morgan fingerprint density at radius 2 is 1.59 bits per heavy atom. The van der Waals surface area contributed by atoms with Gasteiger partial charge in [0.2, 0.25) is 5.91 Å². The summed E-state index contributed by atoms with van der Waals surface area (Å²) in [5, 5.41) is 2.60. The third-order valence-electron chi connectivity index (χ3n) is 4.36. The first kappa shape index (κ1) is 20.5. The number of hydrogen-bond donors (Lipinski definition) is 1. The van der Waals surface area contributed by atoms with E-state index in [1.54, 1.807) is 42.5 Å². The molecule has 0 saturated heterocycles. The lowest BCUT2D eigenvalue weighted by molar-refractivity contribution is -0.114. The molecule has 7 heteroatoms. The molecule has 0 spiro atoms.